The van der Waals surface area contributed by atoms with E-state index in [1.807, 2.05) is 24.3 Å². The molecule has 0 fully saturated rings. The standard InChI is InChI=1S/C9H9NO2.ClH/c11-9(12)8-5-6-3-1-2-4-7(6)10-8;/h1-4,8,10H,5H2,(H,11,12);1H/t8-;/m0./s1. The van der Waals surface area contributed by atoms with Gasteiger partial charge in [0.15, 0.2) is 0 Å². The molecule has 1 aromatic carbocycles. The summed E-state index contributed by atoms with van der Waals surface area (Å²) in [4.78, 5) is 10.6. The number of aliphatic carboxylic acids is 1. The highest BCUT2D eigenvalue weighted by Crippen LogP contribution is 2.24. The molecule has 3 nitrogen and oxygen atoms in total. The molecule has 1 heterocycles. The lowest BCUT2D eigenvalue weighted by atomic mass is 10.1. The highest BCUT2D eigenvalue weighted by Gasteiger charge is 2.25. The van der Waals surface area contributed by atoms with Crippen LogP contribution in [-0.4, -0.2) is 17.1 Å². The molecule has 0 spiro atoms. The second kappa shape index (κ2) is 3.66. The van der Waals surface area contributed by atoms with E-state index >= 15 is 0 Å². The van der Waals surface area contributed by atoms with Crippen LogP contribution in [0.2, 0.25) is 0 Å². The normalized spacial score (nSPS) is 18.3. The highest BCUT2D eigenvalue weighted by molar-refractivity contribution is 5.85. The van der Waals surface area contributed by atoms with Crippen molar-refractivity contribution in [3.8, 4) is 0 Å². The van der Waals surface area contributed by atoms with Gasteiger partial charge in [0.05, 0.1) is 0 Å². The number of rotatable bonds is 1. The van der Waals surface area contributed by atoms with Crippen LogP contribution in [0.3, 0.4) is 0 Å². The predicted molar refractivity (Wildman–Crippen MR) is 52.4 cm³/mol. The molecule has 1 aliphatic heterocycles. The van der Waals surface area contributed by atoms with Gasteiger partial charge in [-0.1, -0.05) is 18.2 Å². The predicted octanol–water partition coefficient (Wildman–Crippen LogP) is 1.53. The Hall–Kier alpha value is -1.22. The molecule has 0 unspecified atom stereocenters. The van der Waals surface area contributed by atoms with Gasteiger partial charge in [-0.25, -0.2) is 4.79 Å². The highest BCUT2D eigenvalue weighted by atomic mass is 35.5. The maximum absolute atomic E-state index is 10.6. The van der Waals surface area contributed by atoms with Gasteiger partial charge in [-0.05, 0) is 11.6 Å². The van der Waals surface area contributed by atoms with E-state index in [2.05, 4.69) is 5.32 Å². The van der Waals surface area contributed by atoms with Crippen molar-refractivity contribution in [1.82, 2.24) is 0 Å². The summed E-state index contributed by atoms with van der Waals surface area (Å²) in [5.74, 6) is -0.786. The number of anilines is 1. The number of para-hydroxylation sites is 1. The first-order chi connectivity index (χ1) is 5.77. The average Bonchev–Trinajstić information content (AvgIpc) is 2.46. The van der Waals surface area contributed by atoms with E-state index < -0.39 is 12.0 Å². The Bertz CT molecular complexity index is 302. The van der Waals surface area contributed by atoms with Crippen molar-refractivity contribution in [2.24, 2.45) is 0 Å². The van der Waals surface area contributed by atoms with Crippen LogP contribution >= 0.6 is 12.4 Å². The maximum Gasteiger partial charge on any atom is 0.326 e. The lowest BCUT2D eigenvalue weighted by molar-refractivity contribution is -0.137. The molecule has 0 saturated carbocycles. The second-order valence-electron chi connectivity index (χ2n) is 2.90. The smallest absolute Gasteiger partial charge is 0.326 e. The zero-order chi connectivity index (χ0) is 8.55. The summed E-state index contributed by atoms with van der Waals surface area (Å²) in [6.07, 6.45) is 0.589. The summed E-state index contributed by atoms with van der Waals surface area (Å²) in [5, 5.41) is 11.7. The quantitative estimate of drug-likeness (QED) is 0.721. The molecule has 13 heavy (non-hydrogen) atoms. The summed E-state index contributed by atoms with van der Waals surface area (Å²) in [6.45, 7) is 0. The molecule has 1 atom stereocenters. The number of carboxylic acids is 1. The van der Waals surface area contributed by atoms with Gasteiger partial charge in [-0.2, -0.15) is 0 Å². The lowest BCUT2D eigenvalue weighted by Crippen LogP contribution is -2.26. The van der Waals surface area contributed by atoms with Crippen LogP contribution in [0.25, 0.3) is 0 Å². The van der Waals surface area contributed by atoms with Gasteiger partial charge in [0, 0.05) is 12.1 Å². The molecule has 0 amide bonds. The van der Waals surface area contributed by atoms with Crippen molar-refractivity contribution in [2.75, 3.05) is 5.32 Å². The Morgan fingerprint density at radius 1 is 1.46 bits per heavy atom. The van der Waals surface area contributed by atoms with E-state index in [9.17, 15) is 4.79 Å². The monoisotopic (exact) mass is 199 g/mol. The molecule has 4 heteroatoms. The molecule has 1 aromatic rings. The first kappa shape index (κ1) is 9.86. The minimum absolute atomic E-state index is 0. The van der Waals surface area contributed by atoms with Gasteiger partial charge >= 0.3 is 5.97 Å². The molecule has 70 valence electrons. The largest absolute Gasteiger partial charge is 0.480 e. The van der Waals surface area contributed by atoms with Crippen molar-refractivity contribution < 1.29 is 9.90 Å². The van der Waals surface area contributed by atoms with Crippen LogP contribution in [0.5, 0.6) is 0 Å². The molecule has 0 aromatic heterocycles. The van der Waals surface area contributed by atoms with Crippen LogP contribution in [0.15, 0.2) is 24.3 Å². The van der Waals surface area contributed by atoms with E-state index in [4.69, 9.17) is 5.11 Å². The summed E-state index contributed by atoms with van der Waals surface area (Å²) in [6, 6.07) is 7.23. The van der Waals surface area contributed by atoms with Crippen molar-refractivity contribution in [3.05, 3.63) is 29.8 Å². The number of hydrogen-bond acceptors (Lipinski definition) is 2. The Labute approximate surface area is 82.2 Å². The first-order valence-corrected chi connectivity index (χ1v) is 3.84. The second-order valence-corrected chi connectivity index (χ2v) is 2.90. The summed E-state index contributed by atoms with van der Waals surface area (Å²) in [5.41, 5.74) is 2.04. The van der Waals surface area contributed by atoms with Gasteiger partial charge < -0.3 is 10.4 Å². The van der Waals surface area contributed by atoms with Crippen LogP contribution in [-0.2, 0) is 11.2 Å². The summed E-state index contributed by atoms with van der Waals surface area (Å²) >= 11 is 0. The zero-order valence-electron chi connectivity index (χ0n) is 6.86. The molecule has 2 rings (SSSR count). The third kappa shape index (κ3) is 1.75. The average molecular weight is 200 g/mol. The minimum atomic E-state index is -0.786. The van der Waals surface area contributed by atoms with E-state index in [0.29, 0.717) is 6.42 Å². The lowest BCUT2D eigenvalue weighted by Gasteiger charge is -2.02. The molecule has 0 aliphatic carbocycles. The Morgan fingerprint density at radius 3 is 2.77 bits per heavy atom. The van der Waals surface area contributed by atoms with E-state index in [-0.39, 0.29) is 12.4 Å². The Balaban J connectivity index is 0.000000845. The molecule has 0 saturated heterocycles. The van der Waals surface area contributed by atoms with Gasteiger partial charge in [-0.3, -0.25) is 0 Å². The topological polar surface area (TPSA) is 49.3 Å². The van der Waals surface area contributed by atoms with Crippen LogP contribution in [0.4, 0.5) is 5.69 Å². The van der Waals surface area contributed by atoms with Crippen molar-refractivity contribution in [2.45, 2.75) is 12.5 Å². The van der Waals surface area contributed by atoms with Crippen LogP contribution in [0, 0.1) is 0 Å². The van der Waals surface area contributed by atoms with Gasteiger partial charge in [0.2, 0.25) is 0 Å². The van der Waals surface area contributed by atoms with Gasteiger partial charge in [-0.15, -0.1) is 12.4 Å². The van der Waals surface area contributed by atoms with Crippen molar-refractivity contribution >= 4 is 24.1 Å². The third-order valence-corrected chi connectivity index (χ3v) is 2.07. The van der Waals surface area contributed by atoms with Crippen LogP contribution in [0.1, 0.15) is 5.56 Å². The zero-order valence-corrected chi connectivity index (χ0v) is 7.67. The van der Waals surface area contributed by atoms with Crippen molar-refractivity contribution in [1.29, 1.82) is 0 Å². The fraction of sp³-hybridized carbons (Fsp3) is 0.222. The third-order valence-electron chi connectivity index (χ3n) is 2.07. The number of carbonyl (C=O) groups is 1. The fourth-order valence-electron chi connectivity index (χ4n) is 1.45. The fourth-order valence-corrected chi connectivity index (χ4v) is 1.45. The number of carboxylic acid groups (broad SMARTS) is 1. The number of halogens is 1. The molecule has 0 radical (unpaired) electrons. The summed E-state index contributed by atoms with van der Waals surface area (Å²) < 4.78 is 0. The number of hydrogen-bond donors (Lipinski definition) is 2. The Morgan fingerprint density at radius 2 is 2.15 bits per heavy atom. The summed E-state index contributed by atoms with van der Waals surface area (Å²) in [7, 11) is 0. The molecular formula is C9H10ClNO2. The van der Waals surface area contributed by atoms with E-state index in [1.54, 1.807) is 0 Å². The Kier molecular flexibility index (Phi) is 2.78. The molecule has 0 bridgehead atoms. The molecule has 2 N–H and O–H groups in total. The number of nitrogens with one attached hydrogen (secondary N) is 1. The van der Waals surface area contributed by atoms with E-state index in [1.165, 1.54) is 0 Å². The van der Waals surface area contributed by atoms with Crippen molar-refractivity contribution in [3.63, 3.8) is 0 Å². The minimum Gasteiger partial charge on any atom is -0.480 e. The van der Waals surface area contributed by atoms with Gasteiger partial charge in [0.25, 0.3) is 0 Å². The SMILES string of the molecule is Cl.O=C(O)[C@@H]1Cc2ccccc2N1. The van der Waals surface area contributed by atoms with Crippen LogP contribution < -0.4 is 5.32 Å². The molecular weight excluding hydrogens is 190 g/mol. The maximum atomic E-state index is 10.6. The van der Waals surface area contributed by atoms with Gasteiger partial charge in [0.1, 0.15) is 6.04 Å². The number of fused-ring (bicyclic) bond motifs is 1. The van der Waals surface area contributed by atoms with E-state index in [0.717, 1.165) is 11.3 Å². The first-order valence-electron chi connectivity index (χ1n) is 3.84. The number of benzene rings is 1. The molecule has 1 aliphatic rings.